The molecule has 0 fully saturated rings. The lowest BCUT2D eigenvalue weighted by molar-refractivity contribution is -0.120. The highest BCUT2D eigenvalue weighted by atomic mass is 35.5. The van der Waals surface area contributed by atoms with Crippen LogP contribution >= 0.6 is 12.4 Å². The largest absolute Gasteiger partial charge is 0.356 e. The predicted molar refractivity (Wildman–Crippen MR) is 73.6 cm³/mol. The number of aryl methyl sites for hydroxylation is 1. The molecule has 0 radical (unpaired) electrons. The molecule has 1 aromatic carbocycles. The van der Waals surface area contributed by atoms with Crippen LogP contribution in [0.1, 0.15) is 17.5 Å². The Hall–Kier alpha value is -1.13. The van der Waals surface area contributed by atoms with Gasteiger partial charge in [0.25, 0.3) is 0 Å². The number of carbonyl (C=O) groups excluding carboxylic acids is 1. The summed E-state index contributed by atoms with van der Waals surface area (Å²) in [4.78, 5) is 11.3. The summed E-state index contributed by atoms with van der Waals surface area (Å²) in [6.07, 6.45) is 1.22. The van der Waals surface area contributed by atoms with Crippen molar-refractivity contribution in [3.05, 3.63) is 35.1 Å². The topological polar surface area (TPSA) is 41.1 Å². The molecular weight excluding hydrogens is 255 g/mol. The Balaban J connectivity index is 0.00000289. The number of carbonyl (C=O) groups is 1. The number of rotatable bonds is 6. The van der Waals surface area contributed by atoms with E-state index in [2.05, 4.69) is 10.6 Å². The van der Waals surface area contributed by atoms with E-state index in [4.69, 9.17) is 0 Å². The fourth-order valence-electron chi connectivity index (χ4n) is 1.60. The summed E-state index contributed by atoms with van der Waals surface area (Å²) in [6, 6.07) is 4.73. The van der Waals surface area contributed by atoms with Crippen LogP contribution < -0.4 is 10.6 Å². The summed E-state index contributed by atoms with van der Waals surface area (Å²) in [7, 11) is 1.81. The maximum Gasteiger partial charge on any atom is 0.221 e. The second-order valence-corrected chi connectivity index (χ2v) is 4.02. The van der Waals surface area contributed by atoms with Gasteiger partial charge in [-0.25, -0.2) is 4.39 Å². The minimum Gasteiger partial charge on any atom is -0.356 e. The Morgan fingerprint density at radius 3 is 2.67 bits per heavy atom. The zero-order chi connectivity index (χ0) is 12.7. The van der Waals surface area contributed by atoms with Crippen molar-refractivity contribution in [3.8, 4) is 0 Å². The molecule has 0 heterocycles. The molecular formula is C13H20ClFN2O. The van der Waals surface area contributed by atoms with Crippen LogP contribution in [0, 0.1) is 12.7 Å². The third-order valence-corrected chi connectivity index (χ3v) is 2.62. The van der Waals surface area contributed by atoms with Crippen LogP contribution in [0.3, 0.4) is 0 Å². The van der Waals surface area contributed by atoms with Gasteiger partial charge in [-0.15, -0.1) is 12.4 Å². The molecule has 3 nitrogen and oxygen atoms in total. The molecule has 18 heavy (non-hydrogen) atoms. The normalized spacial score (nSPS) is 9.72. The molecule has 2 N–H and O–H groups in total. The number of nitrogens with one attached hydrogen (secondary N) is 2. The third-order valence-electron chi connectivity index (χ3n) is 2.62. The maximum absolute atomic E-state index is 12.9. The van der Waals surface area contributed by atoms with E-state index in [1.165, 1.54) is 12.1 Å². The van der Waals surface area contributed by atoms with Crippen LogP contribution in [0.2, 0.25) is 0 Å². The minimum absolute atomic E-state index is 0. The van der Waals surface area contributed by atoms with Crippen LogP contribution in [-0.4, -0.2) is 26.0 Å². The van der Waals surface area contributed by atoms with Crippen LogP contribution in [0.4, 0.5) is 4.39 Å². The first-order valence-corrected chi connectivity index (χ1v) is 5.80. The van der Waals surface area contributed by atoms with E-state index in [9.17, 15) is 9.18 Å². The lowest BCUT2D eigenvalue weighted by Gasteiger charge is -2.07. The molecule has 0 spiro atoms. The molecule has 1 rings (SSSR count). The first-order chi connectivity index (χ1) is 8.13. The fourth-order valence-corrected chi connectivity index (χ4v) is 1.60. The van der Waals surface area contributed by atoms with Crippen molar-refractivity contribution in [2.45, 2.75) is 19.8 Å². The Morgan fingerprint density at radius 1 is 1.33 bits per heavy atom. The Labute approximate surface area is 114 Å². The smallest absolute Gasteiger partial charge is 0.221 e. The SMILES string of the molecule is CNCCC(=O)NCCc1ccc(F)cc1C.Cl. The molecule has 0 aliphatic carbocycles. The van der Waals surface area contributed by atoms with Gasteiger partial charge in [-0.2, -0.15) is 0 Å². The van der Waals surface area contributed by atoms with Crippen molar-refractivity contribution in [1.29, 1.82) is 0 Å². The van der Waals surface area contributed by atoms with Gasteiger partial charge in [-0.05, 0) is 43.7 Å². The van der Waals surface area contributed by atoms with E-state index in [1.807, 2.05) is 14.0 Å². The highest BCUT2D eigenvalue weighted by Gasteiger charge is 2.02. The summed E-state index contributed by atoms with van der Waals surface area (Å²) >= 11 is 0. The summed E-state index contributed by atoms with van der Waals surface area (Å²) in [5.74, 6) is -0.177. The first-order valence-electron chi connectivity index (χ1n) is 5.80. The van der Waals surface area contributed by atoms with Gasteiger partial charge in [0.05, 0.1) is 0 Å². The molecule has 0 aliphatic heterocycles. The molecule has 0 atom stereocenters. The number of benzene rings is 1. The predicted octanol–water partition coefficient (Wildman–Crippen LogP) is 1.82. The molecule has 0 unspecified atom stereocenters. The van der Waals surface area contributed by atoms with Crippen molar-refractivity contribution >= 4 is 18.3 Å². The molecule has 1 aromatic rings. The van der Waals surface area contributed by atoms with E-state index in [0.717, 1.165) is 17.5 Å². The van der Waals surface area contributed by atoms with Gasteiger partial charge in [0, 0.05) is 19.5 Å². The van der Waals surface area contributed by atoms with Gasteiger partial charge >= 0.3 is 0 Å². The lowest BCUT2D eigenvalue weighted by Crippen LogP contribution is -2.28. The summed E-state index contributed by atoms with van der Waals surface area (Å²) < 4.78 is 12.9. The number of hydrogen-bond donors (Lipinski definition) is 2. The van der Waals surface area contributed by atoms with Gasteiger partial charge in [-0.3, -0.25) is 4.79 Å². The van der Waals surface area contributed by atoms with E-state index < -0.39 is 0 Å². The van der Waals surface area contributed by atoms with E-state index in [0.29, 0.717) is 19.5 Å². The third kappa shape index (κ3) is 5.98. The second kappa shape index (κ2) is 8.89. The maximum atomic E-state index is 12.9. The van der Waals surface area contributed by atoms with Crippen molar-refractivity contribution in [2.24, 2.45) is 0 Å². The number of amides is 1. The fraction of sp³-hybridized carbons (Fsp3) is 0.462. The van der Waals surface area contributed by atoms with Crippen LogP contribution in [0.15, 0.2) is 18.2 Å². The van der Waals surface area contributed by atoms with Crippen molar-refractivity contribution in [2.75, 3.05) is 20.1 Å². The van der Waals surface area contributed by atoms with Gasteiger partial charge in [0.1, 0.15) is 5.82 Å². The summed E-state index contributed by atoms with van der Waals surface area (Å²) in [5.41, 5.74) is 2.00. The second-order valence-electron chi connectivity index (χ2n) is 4.02. The average Bonchev–Trinajstić information content (AvgIpc) is 2.29. The van der Waals surface area contributed by atoms with Crippen LogP contribution in [0.5, 0.6) is 0 Å². The zero-order valence-electron chi connectivity index (χ0n) is 10.8. The monoisotopic (exact) mass is 274 g/mol. The van der Waals surface area contributed by atoms with Gasteiger partial charge in [0.15, 0.2) is 0 Å². The zero-order valence-corrected chi connectivity index (χ0v) is 11.6. The molecule has 0 bridgehead atoms. The Kier molecular flexibility index (Phi) is 8.33. The van der Waals surface area contributed by atoms with Crippen molar-refractivity contribution in [1.82, 2.24) is 10.6 Å². The molecule has 1 amide bonds. The van der Waals surface area contributed by atoms with Gasteiger partial charge in [0.2, 0.25) is 5.91 Å². The highest BCUT2D eigenvalue weighted by molar-refractivity contribution is 5.85. The summed E-state index contributed by atoms with van der Waals surface area (Å²) in [6.45, 7) is 3.15. The molecule has 0 saturated carbocycles. The van der Waals surface area contributed by atoms with Crippen LogP contribution in [0.25, 0.3) is 0 Å². The Morgan fingerprint density at radius 2 is 2.06 bits per heavy atom. The van der Waals surface area contributed by atoms with Crippen molar-refractivity contribution < 1.29 is 9.18 Å². The van der Waals surface area contributed by atoms with Gasteiger partial charge in [-0.1, -0.05) is 6.07 Å². The summed E-state index contributed by atoms with van der Waals surface area (Å²) in [5, 5.41) is 5.75. The molecule has 0 aliphatic rings. The van der Waals surface area contributed by atoms with E-state index >= 15 is 0 Å². The number of hydrogen-bond acceptors (Lipinski definition) is 2. The Bertz CT molecular complexity index is 385. The number of halogens is 2. The van der Waals surface area contributed by atoms with Gasteiger partial charge < -0.3 is 10.6 Å². The standard InChI is InChI=1S/C13H19FN2O.ClH/c1-10-9-12(14)4-3-11(10)5-8-16-13(17)6-7-15-2;/h3-4,9,15H,5-8H2,1-2H3,(H,16,17);1H. The van der Waals surface area contributed by atoms with E-state index in [-0.39, 0.29) is 24.1 Å². The average molecular weight is 275 g/mol. The van der Waals surface area contributed by atoms with Crippen molar-refractivity contribution in [3.63, 3.8) is 0 Å². The highest BCUT2D eigenvalue weighted by Crippen LogP contribution is 2.10. The molecule has 0 aromatic heterocycles. The molecule has 5 heteroatoms. The minimum atomic E-state index is -0.218. The first kappa shape index (κ1) is 16.9. The molecule has 102 valence electrons. The molecule has 0 saturated heterocycles. The quantitative estimate of drug-likeness (QED) is 0.831. The lowest BCUT2D eigenvalue weighted by atomic mass is 10.1. The van der Waals surface area contributed by atoms with Crippen LogP contribution in [-0.2, 0) is 11.2 Å². The van der Waals surface area contributed by atoms with E-state index in [1.54, 1.807) is 6.07 Å².